The highest BCUT2D eigenvalue weighted by Gasteiger charge is 2.40. The molecule has 0 saturated carbocycles. The van der Waals surface area contributed by atoms with Gasteiger partial charge >= 0.3 is 0 Å². The number of oxime groups is 1. The Morgan fingerprint density at radius 3 is 2.31 bits per heavy atom. The maximum absolute atomic E-state index is 11.9. The first-order chi connectivity index (χ1) is 7.54. The second-order valence-corrected chi connectivity index (χ2v) is 4.42. The van der Waals surface area contributed by atoms with Crippen LogP contribution in [0.2, 0.25) is 0 Å². The Morgan fingerprint density at radius 1 is 1.25 bits per heavy atom. The summed E-state index contributed by atoms with van der Waals surface area (Å²) < 4.78 is 0. The van der Waals surface area contributed by atoms with E-state index in [1.165, 1.54) is 5.56 Å². The van der Waals surface area contributed by atoms with E-state index in [0.717, 1.165) is 12.0 Å². The molecule has 0 bridgehead atoms. The minimum atomic E-state index is -0.821. The van der Waals surface area contributed by atoms with Gasteiger partial charge in [-0.05, 0) is 25.8 Å². The van der Waals surface area contributed by atoms with E-state index in [-0.39, 0.29) is 5.78 Å². The Kier molecular flexibility index (Phi) is 2.54. The number of Topliss-reactive ketones (excluding diaryl/α,β-unsaturated/α-hetero) is 1. The molecule has 0 saturated heterocycles. The molecule has 0 amide bonds. The molecule has 84 valence electrons. The van der Waals surface area contributed by atoms with Crippen molar-refractivity contribution in [3.8, 4) is 0 Å². The van der Waals surface area contributed by atoms with Gasteiger partial charge in [-0.25, -0.2) is 0 Å². The van der Waals surface area contributed by atoms with Gasteiger partial charge in [0.2, 0.25) is 5.78 Å². The Balaban J connectivity index is 2.29. The van der Waals surface area contributed by atoms with Crippen molar-refractivity contribution >= 4 is 11.5 Å². The summed E-state index contributed by atoms with van der Waals surface area (Å²) in [6.45, 7) is 5.55. The molecule has 1 heterocycles. The smallest absolute Gasteiger partial charge is 0.230 e. The van der Waals surface area contributed by atoms with Gasteiger partial charge < -0.3 is 4.84 Å². The lowest BCUT2D eigenvalue weighted by Gasteiger charge is -2.11. The molecule has 0 aromatic heterocycles. The first-order valence-electron chi connectivity index (χ1n) is 5.45. The van der Waals surface area contributed by atoms with Gasteiger partial charge in [0.15, 0.2) is 11.3 Å². The zero-order valence-corrected chi connectivity index (χ0v) is 9.78. The van der Waals surface area contributed by atoms with Gasteiger partial charge in [0, 0.05) is 5.56 Å². The summed E-state index contributed by atoms with van der Waals surface area (Å²) in [7, 11) is 0. The van der Waals surface area contributed by atoms with Crippen LogP contribution in [0.5, 0.6) is 0 Å². The van der Waals surface area contributed by atoms with E-state index in [0.29, 0.717) is 5.71 Å². The van der Waals surface area contributed by atoms with E-state index in [1.807, 2.05) is 24.3 Å². The third-order valence-corrected chi connectivity index (χ3v) is 2.76. The van der Waals surface area contributed by atoms with Crippen LogP contribution in [-0.2, 0) is 16.1 Å². The Bertz CT molecular complexity index is 444. The average molecular weight is 217 g/mol. The molecule has 1 aliphatic rings. The van der Waals surface area contributed by atoms with Crippen LogP contribution in [0.3, 0.4) is 0 Å². The number of nitrogens with zero attached hydrogens (tertiary/aromatic N) is 1. The van der Waals surface area contributed by atoms with Gasteiger partial charge in [-0.15, -0.1) is 0 Å². The zero-order chi connectivity index (χ0) is 11.8. The SMILES string of the molecule is CCc1ccc(C2=NOC(C)(C)C2=O)cc1. The monoisotopic (exact) mass is 217 g/mol. The lowest BCUT2D eigenvalue weighted by Crippen LogP contribution is -2.33. The highest BCUT2D eigenvalue weighted by molar-refractivity contribution is 6.49. The summed E-state index contributed by atoms with van der Waals surface area (Å²) in [5.74, 6) is -0.0586. The fraction of sp³-hybridized carbons (Fsp3) is 0.385. The van der Waals surface area contributed by atoms with Crippen molar-refractivity contribution in [3.05, 3.63) is 35.4 Å². The van der Waals surface area contributed by atoms with E-state index in [1.54, 1.807) is 13.8 Å². The molecule has 0 fully saturated rings. The largest absolute Gasteiger partial charge is 0.381 e. The van der Waals surface area contributed by atoms with Crippen molar-refractivity contribution < 1.29 is 9.63 Å². The van der Waals surface area contributed by atoms with Crippen LogP contribution in [0, 0.1) is 0 Å². The van der Waals surface area contributed by atoms with E-state index in [2.05, 4.69) is 12.1 Å². The summed E-state index contributed by atoms with van der Waals surface area (Å²) in [6.07, 6.45) is 0.989. The zero-order valence-electron chi connectivity index (χ0n) is 9.78. The van der Waals surface area contributed by atoms with Crippen molar-refractivity contribution in [3.63, 3.8) is 0 Å². The van der Waals surface area contributed by atoms with Gasteiger partial charge in [0.25, 0.3) is 0 Å². The summed E-state index contributed by atoms with van der Waals surface area (Å²) in [5, 5.41) is 3.86. The van der Waals surface area contributed by atoms with Gasteiger partial charge in [-0.1, -0.05) is 36.3 Å². The van der Waals surface area contributed by atoms with Crippen molar-refractivity contribution in [2.45, 2.75) is 32.8 Å². The molecule has 2 rings (SSSR count). The third-order valence-electron chi connectivity index (χ3n) is 2.76. The lowest BCUT2D eigenvalue weighted by molar-refractivity contribution is -0.128. The van der Waals surface area contributed by atoms with Crippen LogP contribution < -0.4 is 0 Å². The first kappa shape index (κ1) is 10.9. The fourth-order valence-corrected chi connectivity index (χ4v) is 1.61. The molecule has 0 aliphatic carbocycles. The predicted molar refractivity (Wildman–Crippen MR) is 62.5 cm³/mol. The Labute approximate surface area is 95.1 Å². The molecule has 1 aromatic carbocycles. The predicted octanol–water partition coefficient (Wildman–Crippen LogP) is 2.33. The average Bonchev–Trinajstić information content (AvgIpc) is 2.55. The molecule has 1 aromatic rings. The van der Waals surface area contributed by atoms with Crippen molar-refractivity contribution in [2.75, 3.05) is 0 Å². The summed E-state index contributed by atoms with van der Waals surface area (Å²) >= 11 is 0. The number of rotatable bonds is 2. The van der Waals surface area contributed by atoms with Crippen molar-refractivity contribution in [1.29, 1.82) is 0 Å². The molecular weight excluding hydrogens is 202 g/mol. The topological polar surface area (TPSA) is 38.7 Å². The van der Waals surface area contributed by atoms with E-state index >= 15 is 0 Å². The van der Waals surface area contributed by atoms with Crippen LogP contribution in [0.25, 0.3) is 0 Å². The van der Waals surface area contributed by atoms with Crippen LogP contribution in [0.4, 0.5) is 0 Å². The minimum absolute atomic E-state index is 0.0586. The molecule has 0 N–H and O–H groups in total. The third kappa shape index (κ3) is 1.73. The van der Waals surface area contributed by atoms with Gasteiger partial charge in [-0.2, -0.15) is 0 Å². The van der Waals surface area contributed by atoms with Crippen molar-refractivity contribution in [2.24, 2.45) is 5.16 Å². The normalized spacial score (nSPS) is 18.2. The molecular formula is C13H15NO2. The number of hydrogen-bond donors (Lipinski definition) is 0. The second-order valence-electron chi connectivity index (χ2n) is 4.42. The first-order valence-corrected chi connectivity index (χ1v) is 5.45. The standard InChI is InChI=1S/C13H15NO2/c1-4-9-5-7-10(8-6-9)11-12(15)13(2,3)16-14-11/h5-8H,4H2,1-3H3. The van der Waals surface area contributed by atoms with Gasteiger partial charge in [0.05, 0.1) is 0 Å². The maximum atomic E-state index is 11.9. The maximum Gasteiger partial charge on any atom is 0.230 e. The summed E-state index contributed by atoms with van der Waals surface area (Å²) in [6, 6.07) is 7.85. The fourth-order valence-electron chi connectivity index (χ4n) is 1.61. The molecule has 16 heavy (non-hydrogen) atoms. The summed E-state index contributed by atoms with van der Waals surface area (Å²) in [5.41, 5.74) is 1.68. The van der Waals surface area contributed by atoms with E-state index < -0.39 is 5.60 Å². The Hall–Kier alpha value is -1.64. The van der Waals surface area contributed by atoms with E-state index in [4.69, 9.17) is 4.84 Å². The molecule has 3 nitrogen and oxygen atoms in total. The minimum Gasteiger partial charge on any atom is -0.381 e. The van der Waals surface area contributed by atoms with Crippen molar-refractivity contribution in [1.82, 2.24) is 0 Å². The number of aryl methyl sites for hydroxylation is 1. The number of carbonyl (C=O) groups excluding carboxylic acids is 1. The molecule has 0 radical (unpaired) electrons. The molecule has 0 spiro atoms. The highest BCUT2D eigenvalue weighted by Crippen LogP contribution is 2.22. The second kappa shape index (κ2) is 3.74. The van der Waals surface area contributed by atoms with Crippen LogP contribution in [0.15, 0.2) is 29.4 Å². The number of hydrogen-bond acceptors (Lipinski definition) is 3. The Morgan fingerprint density at radius 2 is 1.88 bits per heavy atom. The summed E-state index contributed by atoms with van der Waals surface area (Å²) in [4.78, 5) is 17.0. The van der Waals surface area contributed by atoms with Crippen LogP contribution in [-0.4, -0.2) is 17.1 Å². The molecule has 0 unspecified atom stereocenters. The van der Waals surface area contributed by atoms with E-state index in [9.17, 15) is 4.79 Å². The number of carbonyl (C=O) groups is 1. The highest BCUT2D eigenvalue weighted by atomic mass is 16.7. The number of benzene rings is 1. The molecule has 3 heteroatoms. The van der Waals surface area contributed by atoms with Crippen LogP contribution in [0.1, 0.15) is 31.9 Å². The lowest BCUT2D eigenvalue weighted by atomic mass is 9.95. The van der Waals surface area contributed by atoms with Gasteiger partial charge in [-0.3, -0.25) is 4.79 Å². The molecule has 0 atom stereocenters. The molecule has 1 aliphatic heterocycles. The quantitative estimate of drug-likeness (QED) is 0.762. The van der Waals surface area contributed by atoms with Crippen LogP contribution >= 0.6 is 0 Å². The number of ketones is 1. The van der Waals surface area contributed by atoms with Gasteiger partial charge in [0.1, 0.15) is 0 Å².